The fraction of sp³-hybridized carbons (Fsp3) is 0.214. The van der Waals surface area contributed by atoms with Crippen molar-refractivity contribution in [1.29, 1.82) is 0 Å². The van der Waals surface area contributed by atoms with Crippen molar-refractivity contribution in [3.63, 3.8) is 0 Å². The number of aromatic carboxylic acids is 1. The van der Waals surface area contributed by atoms with E-state index in [4.69, 9.17) is 11.6 Å². The van der Waals surface area contributed by atoms with Gasteiger partial charge in [-0.05, 0) is 19.4 Å². The van der Waals surface area contributed by atoms with Crippen LogP contribution in [0.15, 0.2) is 30.3 Å². The van der Waals surface area contributed by atoms with Crippen molar-refractivity contribution >= 4 is 17.6 Å². The minimum absolute atomic E-state index is 0.192. The zero-order valence-corrected chi connectivity index (χ0v) is 11.0. The van der Waals surface area contributed by atoms with Gasteiger partial charge in [-0.1, -0.05) is 41.9 Å². The lowest BCUT2D eigenvalue weighted by molar-refractivity contribution is 0.0696. The number of hydrogen-bond donors (Lipinski definition) is 1. The Morgan fingerprint density at radius 2 is 1.94 bits per heavy atom. The van der Waals surface area contributed by atoms with E-state index in [1.807, 2.05) is 41.8 Å². The van der Waals surface area contributed by atoms with Crippen LogP contribution < -0.4 is 0 Å². The number of nitrogens with zero attached hydrogens (tertiary/aromatic N) is 1. The molecule has 0 aliphatic rings. The van der Waals surface area contributed by atoms with E-state index in [2.05, 4.69) is 0 Å². The Kier molecular flexibility index (Phi) is 3.43. The van der Waals surface area contributed by atoms with Crippen LogP contribution in [0.5, 0.6) is 0 Å². The molecule has 0 saturated heterocycles. The summed E-state index contributed by atoms with van der Waals surface area (Å²) in [6, 6.07) is 9.60. The van der Waals surface area contributed by atoms with Gasteiger partial charge in [-0.2, -0.15) is 0 Å². The van der Waals surface area contributed by atoms with E-state index in [9.17, 15) is 9.90 Å². The Morgan fingerprint density at radius 3 is 2.44 bits per heavy atom. The standard InChI is InChI=1S/C14H14ClNO2/c1-3-16-9(2)11(14(17)18)12(15)13(16)10-7-5-4-6-8-10/h4-8H,3H2,1-2H3,(H,17,18). The molecule has 1 aromatic carbocycles. The third-order valence-corrected chi connectivity index (χ3v) is 3.41. The van der Waals surface area contributed by atoms with Crippen molar-refractivity contribution in [2.75, 3.05) is 0 Å². The second kappa shape index (κ2) is 4.86. The van der Waals surface area contributed by atoms with Gasteiger partial charge in [0.05, 0.1) is 16.3 Å². The summed E-state index contributed by atoms with van der Waals surface area (Å²) >= 11 is 6.24. The Balaban J connectivity index is 2.75. The third kappa shape index (κ3) is 1.91. The van der Waals surface area contributed by atoms with Gasteiger partial charge in [-0.25, -0.2) is 4.79 Å². The van der Waals surface area contributed by atoms with E-state index in [0.717, 1.165) is 11.3 Å². The molecule has 3 nitrogen and oxygen atoms in total. The maximum Gasteiger partial charge on any atom is 0.339 e. The first-order chi connectivity index (χ1) is 8.57. The van der Waals surface area contributed by atoms with Crippen LogP contribution >= 0.6 is 11.6 Å². The maximum absolute atomic E-state index is 11.3. The smallest absolute Gasteiger partial charge is 0.339 e. The van der Waals surface area contributed by atoms with Crippen molar-refractivity contribution in [3.8, 4) is 11.3 Å². The molecule has 1 N–H and O–H groups in total. The molecule has 0 saturated carbocycles. The van der Waals surface area contributed by atoms with Crippen LogP contribution in [0.25, 0.3) is 11.3 Å². The summed E-state index contributed by atoms with van der Waals surface area (Å²) in [6.45, 7) is 4.44. The minimum atomic E-state index is -0.984. The second-order valence-corrected chi connectivity index (χ2v) is 4.42. The number of rotatable bonds is 3. The molecule has 18 heavy (non-hydrogen) atoms. The molecule has 94 valence electrons. The Labute approximate surface area is 111 Å². The molecule has 0 unspecified atom stereocenters. The highest BCUT2D eigenvalue weighted by molar-refractivity contribution is 6.36. The number of benzene rings is 1. The lowest BCUT2D eigenvalue weighted by atomic mass is 10.1. The molecule has 0 radical (unpaired) electrons. The van der Waals surface area contributed by atoms with Crippen molar-refractivity contribution in [1.82, 2.24) is 4.57 Å². The number of carboxylic acids is 1. The average Bonchev–Trinajstić information content (AvgIpc) is 2.61. The van der Waals surface area contributed by atoms with E-state index in [0.29, 0.717) is 17.3 Å². The molecule has 0 atom stereocenters. The van der Waals surface area contributed by atoms with Gasteiger partial charge in [0.2, 0.25) is 0 Å². The first-order valence-electron chi connectivity index (χ1n) is 5.75. The summed E-state index contributed by atoms with van der Waals surface area (Å²) in [5.41, 5.74) is 2.58. The van der Waals surface area contributed by atoms with Crippen LogP contribution in [-0.2, 0) is 6.54 Å². The topological polar surface area (TPSA) is 42.2 Å². The summed E-state index contributed by atoms with van der Waals surface area (Å²) in [4.78, 5) is 11.3. The Bertz CT molecular complexity index is 588. The number of halogens is 1. The van der Waals surface area contributed by atoms with E-state index in [1.54, 1.807) is 6.92 Å². The van der Waals surface area contributed by atoms with Gasteiger partial charge in [-0.3, -0.25) is 0 Å². The van der Waals surface area contributed by atoms with Gasteiger partial charge in [0.25, 0.3) is 0 Å². The molecule has 1 heterocycles. The predicted octanol–water partition coefficient (Wildman–Crippen LogP) is 3.84. The van der Waals surface area contributed by atoms with Crippen LogP contribution in [-0.4, -0.2) is 15.6 Å². The first kappa shape index (κ1) is 12.7. The molecule has 0 spiro atoms. The number of carbonyl (C=O) groups is 1. The highest BCUT2D eigenvalue weighted by atomic mass is 35.5. The molecular weight excluding hydrogens is 250 g/mol. The van der Waals surface area contributed by atoms with Crippen molar-refractivity contribution in [2.45, 2.75) is 20.4 Å². The highest BCUT2D eigenvalue weighted by Crippen LogP contribution is 2.35. The summed E-state index contributed by atoms with van der Waals surface area (Å²) in [6.07, 6.45) is 0. The van der Waals surface area contributed by atoms with Crippen LogP contribution in [0.1, 0.15) is 23.0 Å². The molecule has 0 aliphatic carbocycles. The van der Waals surface area contributed by atoms with Gasteiger partial charge in [0, 0.05) is 12.2 Å². The highest BCUT2D eigenvalue weighted by Gasteiger charge is 2.23. The molecule has 0 fully saturated rings. The average molecular weight is 264 g/mol. The van der Waals surface area contributed by atoms with Gasteiger partial charge in [0.15, 0.2) is 0 Å². The fourth-order valence-electron chi connectivity index (χ4n) is 2.22. The van der Waals surface area contributed by atoms with Gasteiger partial charge < -0.3 is 9.67 Å². The van der Waals surface area contributed by atoms with E-state index in [1.165, 1.54) is 0 Å². The second-order valence-electron chi connectivity index (χ2n) is 4.04. The number of aromatic nitrogens is 1. The summed E-state index contributed by atoms with van der Waals surface area (Å²) < 4.78 is 1.93. The van der Waals surface area contributed by atoms with E-state index < -0.39 is 5.97 Å². The molecule has 0 aliphatic heterocycles. The molecule has 2 aromatic rings. The largest absolute Gasteiger partial charge is 0.478 e. The van der Waals surface area contributed by atoms with Crippen molar-refractivity contribution in [3.05, 3.63) is 46.6 Å². The van der Waals surface area contributed by atoms with E-state index >= 15 is 0 Å². The van der Waals surface area contributed by atoms with Gasteiger partial charge in [0.1, 0.15) is 0 Å². The molecule has 1 aromatic heterocycles. The molecule has 0 bridgehead atoms. The minimum Gasteiger partial charge on any atom is -0.478 e. The monoisotopic (exact) mass is 263 g/mol. The van der Waals surface area contributed by atoms with Crippen LogP contribution in [0.3, 0.4) is 0 Å². The number of hydrogen-bond acceptors (Lipinski definition) is 1. The summed E-state index contributed by atoms with van der Waals surface area (Å²) in [5, 5.41) is 9.54. The first-order valence-corrected chi connectivity index (χ1v) is 6.13. The normalized spacial score (nSPS) is 10.6. The maximum atomic E-state index is 11.3. The summed E-state index contributed by atoms with van der Waals surface area (Å²) in [5.74, 6) is -0.984. The molecule has 2 rings (SSSR count). The lowest BCUT2D eigenvalue weighted by Gasteiger charge is -2.09. The SMILES string of the molecule is CCn1c(C)c(C(=O)O)c(Cl)c1-c1ccccc1. The van der Waals surface area contributed by atoms with E-state index in [-0.39, 0.29) is 5.56 Å². The van der Waals surface area contributed by atoms with Crippen molar-refractivity contribution < 1.29 is 9.90 Å². The van der Waals surface area contributed by atoms with Gasteiger partial charge in [-0.15, -0.1) is 0 Å². The van der Waals surface area contributed by atoms with Crippen LogP contribution in [0.4, 0.5) is 0 Å². The predicted molar refractivity (Wildman–Crippen MR) is 72.2 cm³/mol. The van der Waals surface area contributed by atoms with Crippen LogP contribution in [0.2, 0.25) is 5.02 Å². The third-order valence-electron chi connectivity index (χ3n) is 3.04. The quantitative estimate of drug-likeness (QED) is 0.914. The number of carboxylic acid groups (broad SMARTS) is 1. The Hall–Kier alpha value is -1.74. The Morgan fingerprint density at radius 1 is 1.33 bits per heavy atom. The van der Waals surface area contributed by atoms with Crippen LogP contribution in [0, 0.1) is 6.92 Å². The zero-order valence-electron chi connectivity index (χ0n) is 10.3. The molecule has 4 heteroatoms. The molecular formula is C14H14ClNO2. The lowest BCUT2D eigenvalue weighted by Crippen LogP contribution is -2.02. The fourth-order valence-corrected chi connectivity index (χ4v) is 2.65. The zero-order chi connectivity index (χ0) is 13.3. The summed E-state index contributed by atoms with van der Waals surface area (Å²) in [7, 11) is 0. The van der Waals surface area contributed by atoms with Gasteiger partial charge >= 0.3 is 5.97 Å². The van der Waals surface area contributed by atoms with Crippen molar-refractivity contribution in [2.24, 2.45) is 0 Å². The molecule has 0 amide bonds.